The number of carbonyl (C=O) groups is 2. The van der Waals surface area contributed by atoms with Crippen molar-refractivity contribution < 1.29 is 19.1 Å². The maximum atomic E-state index is 13.5. The Morgan fingerprint density at radius 2 is 2.10 bits per heavy atom. The Kier molecular flexibility index (Phi) is 2.93. The van der Waals surface area contributed by atoms with Gasteiger partial charge >= 0.3 is 5.97 Å². The number of halogens is 1. The summed E-state index contributed by atoms with van der Waals surface area (Å²) < 4.78 is 13.5. The number of aromatic nitrogens is 1. The Morgan fingerprint density at radius 3 is 2.75 bits per heavy atom. The number of hydrogen-bond donors (Lipinski definition) is 3. The van der Waals surface area contributed by atoms with Gasteiger partial charge in [0, 0.05) is 16.9 Å². The van der Waals surface area contributed by atoms with Crippen LogP contribution < -0.4 is 5.32 Å². The van der Waals surface area contributed by atoms with Crippen molar-refractivity contribution in [3.8, 4) is 0 Å². The van der Waals surface area contributed by atoms with Crippen LogP contribution in [0.3, 0.4) is 0 Å². The molecule has 3 N–H and O–H groups in total. The molecule has 6 heteroatoms. The lowest BCUT2D eigenvalue weighted by Gasteiger charge is -2.32. The van der Waals surface area contributed by atoms with Crippen LogP contribution in [0.1, 0.15) is 23.3 Å². The van der Waals surface area contributed by atoms with Gasteiger partial charge in [0.05, 0.1) is 5.92 Å². The topological polar surface area (TPSA) is 82.2 Å². The average molecular weight is 276 g/mol. The van der Waals surface area contributed by atoms with Crippen molar-refractivity contribution in [2.45, 2.75) is 18.9 Å². The highest BCUT2D eigenvalue weighted by atomic mass is 19.1. The molecule has 1 aromatic carbocycles. The lowest BCUT2D eigenvalue weighted by atomic mass is 9.80. The molecular formula is C14H13FN2O3. The summed E-state index contributed by atoms with van der Waals surface area (Å²) in [6, 6.07) is 5.94. The molecule has 0 saturated heterocycles. The van der Waals surface area contributed by atoms with Crippen LogP contribution in [-0.4, -0.2) is 28.0 Å². The number of aromatic amines is 1. The first kappa shape index (κ1) is 12.7. The molecule has 5 nitrogen and oxygen atoms in total. The van der Waals surface area contributed by atoms with Gasteiger partial charge in [0.2, 0.25) is 0 Å². The van der Waals surface area contributed by atoms with Gasteiger partial charge in [0.15, 0.2) is 0 Å². The van der Waals surface area contributed by atoms with E-state index in [4.69, 9.17) is 5.11 Å². The predicted octanol–water partition coefficient (Wildman–Crippen LogP) is 1.90. The maximum absolute atomic E-state index is 13.5. The minimum absolute atomic E-state index is 0.125. The lowest BCUT2D eigenvalue weighted by molar-refractivity contribution is -0.145. The van der Waals surface area contributed by atoms with E-state index in [1.54, 1.807) is 12.1 Å². The van der Waals surface area contributed by atoms with Gasteiger partial charge in [-0.25, -0.2) is 4.39 Å². The Balaban J connectivity index is 1.71. The summed E-state index contributed by atoms with van der Waals surface area (Å²) in [4.78, 5) is 25.5. The van der Waals surface area contributed by atoms with Gasteiger partial charge in [-0.3, -0.25) is 9.59 Å². The van der Waals surface area contributed by atoms with Crippen LogP contribution in [0.2, 0.25) is 0 Å². The molecule has 20 heavy (non-hydrogen) atoms. The van der Waals surface area contributed by atoms with Crippen molar-refractivity contribution in [1.29, 1.82) is 0 Å². The van der Waals surface area contributed by atoms with Gasteiger partial charge < -0.3 is 15.4 Å². The molecule has 0 spiro atoms. The number of H-pyrrole nitrogens is 1. The summed E-state index contributed by atoms with van der Waals surface area (Å²) in [5.41, 5.74) is 0.844. The quantitative estimate of drug-likeness (QED) is 0.800. The SMILES string of the molecule is O=C(NC1CC(C(=O)O)C1)c1cc2c(F)cccc2[nH]1. The maximum Gasteiger partial charge on any atom is 0.306 e. The minimum Gasteiger partial charge on any atom is -0.481 e. The second-order valence-electron chi connectivity index (χ2n) is 5.06. The summed E-state index contributed by atoms with van der Waals surface area (Å²) >= 11 is 0. The Labute approximate surface area is 113 Å². The normalized spacial score (nSPS) is 21.4. The number of rotatable bonds is 3. The fourth-order valence-electron chi connectivity index (χ4n) is 2.44. The molecule has 104 valence electrons. The molecule has 0 aliphatic heterocycles. The molecule has 2 aromatic rings. The third kappa shape index (κ3) is 2.13. The molecule has 3 rings (SSSR count). The highest BCUT2D eigenvalue weighted by Gasteiger charge is 2.35. The molecule has 1 aromatic heterocycles. The molecule has 0 radical (unpaired) electrons. The van der Waals surface area contributed by atoms with Crippen LogP contribution in [-0.2, 0) is 4.79 Å². The lowest BCUT2D eigenvalue weighted by Crippen LogP contribution is -2.46. The van der Waals surface area contributed by atoms with Crippen LogP contribution in [0.15, 0.2) is 24.3 Å². The summed E-state index contributed by atoms with van der Waals surface area (Å²) in [7, 11) is 0. The highest BCUT2D eigenvalue weighted by Crippen LogP contribution is 2.28. The standard InChI is InChI=1S/C14H13FN2O3/c15-10-2-1-3-11-9(10)6-12(17-11)13(18)16-8-4-7(5-8)14(19)20/h1-3,6-8,17H,4-5H2,(H,16,18)(H,19,20). The fourth-order valence-corrected chi connectivity index (χ4v) is 2.44. The van der Waals surface area contributed by atoms with Crippen LogP contribution in [0.4, 0.5) is 4.39 Å². The molecule has 1 amide bonds. The van der Waals surface area contributed by atoms with Gasteiger partial charge in [0.1, 0.15) is 11.5 Å². The number of hydrogen-bond acceptors (Lipinski definition) is 2. The van der Waals surface area contributed by atoms with E-state index in [1.165, 1.54) is 12.1 Å². The molecule has 1 heterocycles. The highest BCUT2D eigenvalue weighted by molar-refractivity contribution is 5.98. The zero-order chi connectivity index (χ0) is 14.3. The minimum atomic E-state index is -0.830. The molecule has 0 unspecified atom stereocenters. The molecular weight excluding hydrogens is 263 g/mol. The van der Waals surface area contributed by atoms with Crippen LogP contribution >= 0.6 is 0 Å². The smallest absolute Gasteiger partial charge is 0.306 e. The number of carboxylic acid groups (broad SMARTS) is 1. The van der Waals surface area contributed by atoms with E-state index in [-0.39, 0.29) is 29.4 Å². The second-order valence-corrected chi connectivity index (χ2v) is 5.06. The zero-order valence-corrected chi connectivity index (χ0v) is 10.5. The van der Waals surface area contributed by atoms with Crippen LogP contribution in [0, 0.1) is 11.7 Å². The Morgan fingerprint density at radius 1 is 1.35 bits per heavy atom. The Bertz CT molecular complexity index is 689. The van der Waals surface area contributed by atoms with E-state index < -0.39 is 5.97 Å². The zero-order valence-electron chi connectivity index (χ0n) is 10.5. The monoisotopic (exact) mass is 276 g/mol. The molecule has 1 aliphatic rings. The van der Waals surface area contributed by atoms with Crippen molar-refractivity contribution >= 4 is 22.8 Å². The van der Waals surface area contributed by atoms with Crippen molar-refractivity contribution in [2.75, 3.05) is 0 Å². The van der Waals surface area contributed by atoms with Gasteiger partial charge in [-0.1, -0.05) is 6.07 Å². The third-order valence-electron chi connectivity index (χ3n) is 3.68. The molecule has 1 aliphatic carbocycles. The van der Waals surface area contributed by atoms with Crippen LogP contribution in [0.5, 0.6) is 0 Å². The van der Waals surface area contributed by atoms with E-state index >= 15 is 0 Å². The van der Waals surface area contributed by atoms with E-state index in [1.807, 2.05) is 0 Å². The number of carboxylic acids is 1. The first-order chi connectivity index (χ1) is 9.54. The number of carbonyl (C=O) groups excluding carboxylic acids is 1. The molecule has 0 bridgehead atoms. The summed E-state index contributed by atoms with van der Waals surface area (Å²) in [6.45, 7) is 0. The van der Waals surface area contributed by atoms with Gasteiger partial charge in [0.25, 0.3) is 5.91 Å². The summed E-state index contributed by atoms with van der Waals surface area (Å²) in [5, 5.41) is 11.9. The van der Waals surface area contributed by atoms with Gasteiger partial charge in [-0.2, -0.15) is 0 Å². The second kappa shape index (κ2) is 4.63. The Hall–Kier alpha value is -2.37. The van der Waals surface area contributed by atoms with Crippen molar-refractivity contribution in [3.05, 3.63) is 35.8 Å². The molecule has 1 saturated carbocycles. The number of benzene rings is 1. The first-order valence-corrected chi connectivity index (χ1v) is 6.35. The predicted molar refractivity (Wildman–Crippen MR) is 69.9 cm³/mol. The van der Waals surface area contributed by atoms with Crippen LogP contribution in [0.25, 0.3) is 10.9 Å². The number of nitrogens with one attached hydrogen (secondary N) is 2. The van der Waals surface area contributed by atoms with Gasteiger partial charge in [-0.05, 0) is 31.0 Å². The third-order valence-corrected chi connectivity index (χ3v) is 3.68. The van der Waals surface area contributed by atoms with Crippen molar-refractivity contribution in [3.63, 3.8) is 0 Å². The van der Waals surface area contributed by atoms with E-state index in [9.17, 15) is 14.0 Å². The first-order valence-electron chi connectivity index (χ1n) is 6.35. The van der Waals surface area contributed by atoms with Crippen molar-refractivity contribution in [1.82, 2.24) is 10.3 Å². The largest absolute Gasteiger partial charge is 0.481 e. The molecule has 1 fully saturated rings. The van der Waals surface area contributed by atoms with E-state index in [0.29, 0.717) is 23.7 Å². The summed E-state index contributed by atoms with van der Waals surface area (Å²) in [5.74, 6) is -1.93. The molecule has 0 atom stereocenters. The van der Waals surface area contributed by atoms with E-state index in [2.05, 4.69) is 10.3 Å². The summed E-state index contributed by atoms with van der Waals surface area (Å²) in [6.07, 6.45) is 0.880. The fraction of sp³-hybridized carbons (Fsp3) is 0.286. The number of aliphatic carboxylic acids is 1. The van der Waals surface area contributed by atoms with Crippen molar-refractivity contribution in [2.24, 2.45) is 5.92 Å². The average Bonchev–Trinajstić information content (AvgIpc) is 2.78. The number of amides is 1. The van der Waals surface area contributed by atoms with Gasteiger partial charge in [-0.15, -0.1) is 0 Å². The van der Waals surface area contributed by atoms with E-state index in [0.717, 1.165) is 0 Å². The number of fused-ring (bicyclic) bond motifs is 1.